The Balaban J connectivity index is 1.11. The molecular formula is C51H35N3O. The molecule has 7 aromatic carbocycles. The number of fused-ring (bicyclic) bond motifs is 5. The van der Waals surface area contributed by atoms with Crippen LogP contribution in [0.25, 0.3) is 77.7 Å². The molecule has 55 heavy (non-hydrogen) atoms. The molecule has 0 aliphatic carbocycles. The molecule has 9 aromatic rings. The predicted molar refractivity (Wildman–Crippen MR) is 228 cm³/mol. The molecule has 1 aliphatic heterocycles. The smallest absolute Gasteiger partial charge is 0.160 e. The lowest BCUT2D eigenvalue weighted by molar-refractivity contribution is 0.669. The summed E-state index contributed by atoms with van der Waals surface area (Å²) >= 11 is 0. The summed E-state index contributed by atoms with van der Waals surface area (Å²) in [6.07, 6.45) is 9.28. The number of anilines is 2. The first-order valence-corrected chi connectivity index (χ1v) is 18.6. The summed E-state index contributed by atoms with van der Waals surface area (Å²) in [4.78, 5) is 12.6. The zero-order valence-corrected chi connectivity index (χ0v) is 30.1. The molecule has 4 heteroatoms. The zero-order valence-electron chi connectivity index (χ0n) is 30.1. The monoisotopic (exact) mass is 705 g/mol. The third-order valence-electron chi connectivity index (χ3n) is 10.4. The maximum absolute atomic E-state index is 6.29. The van der Waals surface area contributed by atoms with Gasteiger partial charge in [-0.1, -0.05) is 146 Å². The molecule has 0 unspecified atom stereocenters. The van der Waals surface area contributed by atoms with E-state index in [0.717, 1.165) is 95.4 Å². The van der Waals surface area contributed by atoms with E-state index in [1.165, 1.54) is 5.56 Å². The fraction of sp³-hybridized carbons (Fsp3) is 0.0196. The van der Waals surface area contributed by atoms with E-state index in [9.17, 15) is 0 Å². The van der Waals surface area contributed by atoms with Gasteiger partial charge in [-0.05, 0) is 82.4 Å². The molecule has 0 spiro atoms. The van der Waals surface area contributed by atoms with E-state index in [0.29, 0.717) is 5.82 Å². The molecule has 0 amide bonds. The van der Waals surface area contributed by atoms with Crippen molar-refractivity contribution in [3.8, 4) is 45.0 Å². The third-order valence-corrected chi connectivity index (χ3v) is 10.4. The fourth-order valence-electron chi connectivity index (χ4n) is 7.80. The van der Waals surface area contributed by atoms with Crippen molar-refractivity contribution in [2.45, 2.75) is 6.42 Å². The van der Waals surface area contributed by atoms with Crippen LogP contribution >= 0.6 is 0 Å². The van der Waals surface area contributed by atoms with Gasteiger partial charge in [0.15, 0.2) is 5.82 Å². The van der Waals surface area contributed by atoms with Gasteiger partial charge in [-0.25, -0.2) is 9.97 Å². The molecule has 3 heterocycles. The van der Waals surface area contributed by atoms with Gasteiger partial charge >= 0.3 is 0 Å². The lowest BCUT2D eigenvalue weighted by Crippen LogP contribution is -2.16. The Morgan fingerprint density at radius 3 is 2.11 bits per heavy atom. The van der Waals surface area contributed by atoms with E-state index in [1.54, 1.807) is 0 Å². The average Bonchev–Trinajstić information content (AvgIpc) is 3.65. The lowest BCUT2D eigenvalue weighted by atomic mass is 9.93. The molecule has 1 aliphatic rings. The molecule has 0 radical (unpaired) electrons. The first-order chi connectivity index (χ1) is 27.2. The van der Waals surface area contributed by atoms with Gasteiger partial charge in [-0.2, -0.15) is 0 Å². The van der Waals surface area contributed by atoms with Crippen molar-refractivity contribution in [2.75, 3.05) is 4.90 Å². The second kappa shape index (κ2) is 13.6. The molecule has 2 aromatic heterocycles. The van der Waals surface area contributed by atoms with E-state index in [-0.39, 0.29) is 0 Å². The van der Waals surface area contributed by atoms with Crippen LogP contribution in [0.3, 0.4) is 0 Å². The van der Waals surface area contributed by atoms with Crippen molar-refractivity contribution in [1.82, 2.24) is 9.97 Å². The van der Waals surface area contributed by atoms with Crippen LogP contribution in [0.5, 0.6) is 0 Å². The molecule has 0 N–H and O–H groups in total. The van der Waals surface area contributed by atoms with Gasteiger partial charge in [0.05, 0.1) is 11.4 Å². The van der Waals surface area contributed by atoms with Gasteiger partial charge in [0.1, 0.15) is 11.2 Å². The molecule has 0 saturated heterocycles. The molecule has 0 saturated carbocycles. The van der Waals surface area contributed by atoms with E-state index in [4.69, 9.17) is 14.4 Å². The van der Waals surface area contributed by atoms with E-state index in [2.05, 4.69) is 163 Å². The van der Waals surface area contributed by atoms with Crippen LogP contribution in [0.4, 0.5) is 11.4 Å². The summed E-state index contributed by atoms with van der Waals surface area (Å²) in [6, 6.07) is 57.2. The van der Waals surface area contributed by atoms with Crippen LogP contribution in [0.15, 0.2) is 205 Å². The number of benzene rings is 7. The summed E-state index contributed by atoms with van der Waals surface area (Å²) in [6.45, 7) is 4.48. The zero-order chi connectivity index (χ0) is 36.7. The third kappa shape index (κ3) is 5.91. The summed E-state index contributed by atoms with van der Waals surface area (Å²) in [5, 5.41) is 4.46. The Morgan fingerprint density at radius 2 is 1.22 bits per heavy atom. The minimum Gasteiger partial charge on any atom is -0.456 e. The quantitative estimate of drug-likeness (QED) is 0.179. The highest BCUT2D eigenvalue weighted by molar-refractivity contribution is 6.07. The van der Waals surface area contributed by atoms with Crippen LogP contribution in [0.2, 0.25) is 0 Å². The Kier molecular flexibility index (Phi) is 8.00. The minimum atomic E-state index is 0.674. The van der Waals surface area contributed by atoms with Crippen LogP contribution in [-0.2, 0) is 6.42 Å². The SMILES string of the molecule is C=C1/C=C\C=C/Cc2ccccc2N1c1cccc(-c2ccc(-c3cc(-c4ccc5c(c4)oc4ccccc45)nc(-c4ccccc4)n3)c3ccccc23)c1. The molecule has 0 fully saturated rings. The van der Waals surface area contributed by atoms with Crippen LogP contribution in [0, 0.1) is 0 Å². The second-order valence-electron chi connectivity index (χ2n) is 13.8. The number of rotatable bonds is 5. The largest absolute Gasteiger partial charge is 0.456 e. The van der Waals surface area contributed by atoms with Gasteiger partial charge < -0.3 is 9.32 Å². The number of furan rings is 1. The highest BCUT2D eigenvalue weighted by Crippen LogP contribution is 2.40. The molecule has 4 nitrogen and oxygen atoms in total. The number of hydrogen-bond donors (Lipinski definition) is 0. The topological polar surface area (TPSA) is 42.2 Å². The number of aromatic nitrogens is 2. The highest BCUT2D eigenvalue weighted by Gasteiger charge is 2.19. The van der Waals surface area contributed by atoms with Crippen LogP contribution in [0.1, 0.15) is 5.56 Å². The first kappa shape index (κ1) is 32.4. The Labute approximate surface area is 319 Å². The van der Waals surface area contributed by atoms with Gasteiger partial charge in [-0.15, -0.1) is 0 Å². The highest BCUT2D eigenvalue weighted by atomic mass is 16.3. The summed E-state index contributed by atoms with van der Waals surface area (Å²) in [7, 11) is 0. The maximum atomic E-state index is 6.29. The average molecular weight is 706 g/mol. The summed E-state index contributed by atoms with van der Waals surface area (Å²) < 4.78 is 6.29. The van der Waals surface area contributed by atoms with E-state index >= 15 is 0 Å². The maximum Gasteiger partial charge on any atom is 0.160 e. The lowest BCUT2D eigenvalue weighted by Gasteiger charge is -2.28. The van der Waals surface area contributed by atoms with Crippen molar-refractivity contribution in [2.24, 2.45) is 0 Å². The number of allylic oxidation sites excluding steroid dienone is 4. The first-order valence-electron chi connectivity index (χ1n) is 18.6. The van der Waals surface area contributed by atoms with Crippen molar-refractivity contribution < 1.29 is 4.42 Å². The number of hydrogen-bond acceptors (Lipinski definition) is 4. The minimum absolute atomic E-state index is 0.674. The standard InChI is InChI=1S/C51H35N3O/c1-34-15-4-2-5-16-35-17-8-12-25-48(35)54(34)39-21-14-20-37(31-39)40-29-30-43(42-23-10-9-22-41(40)42)47-33-46(52-51(53-47)36-18-6-3-7-19-36)38-27-28-45-44-24-11-13-26-49(44)55-50(45)32-38/h2-15,17-33H,1,16H2/b5-2-,15-4-. The van der Waals surface area contributed by atoms with Gasteiger partial charge in [0.2, 0.25) is 0 Å². The number of nitrogens with zero attached hydrogens (tertiary/aromatic N) is 3. The summed E-state index contributed by atoms with van der Waals surface area (Å²) in [5.41, 5.74) is 13.0. The van der Waals surface area contributed by atoms with Gasteiger partial charge in [0.25, 0.3) is 0 Å². The van der Waals surface area contributed by atoms with E-state index in [1.807, 2.05) is 36.4 Å². The van der Waals surface area contributed by atoms with Gasteiger partial charge in [-0.3, -0.25) is 0 Å². The second-order valence-corrected chi connectivity index (χ2v) is 13.8. The Hall–Kier alpha value is -7.30. The molecule has 10 rings (SSSR count). The van der Waals surface area contributed by atoms with Crippen molar-refractivity contribution in [3.63, 3.8) is 0 Å². The van der Waals surface area contributed by atoms with Crippen LogP contribution < -0.4 is 4.90 Å². The summed E-state index contributed by atoms with van der Waals surface area (Å²) in [5.74, 6) is 0.674. The normalized spacial score (nSPS) is 14.0. The molecule has 0 bridgehead atoms. The van der Waals surface area contributed by atoms with E-state index < -0.39 is 0 Å². The fourth-order valence-corrected chi connectivity index (χ4v) is 7.80. The Bertz CT molecular complexity index is 2990. The predicted octanol–water partition coefficient (Wildman–Crippen LogP) is 13.5. The molecular weight excluding hydrogens is 671 g/mol. The Morgan fingerprint density at radius 1 is 0.509 bits per heavy atom. The van der Waals surface area contributed by atoms with Crippen molar-refractivity contribution in [3.05, 3.63) is 206 Å². The number of para-hydroxylation sites is 2. The van der Waals surface area contributed by atoms with Gasteiger partial charge in [0, 0.05) is 44.5 Å². The van der Waals surface area contributed by atoms with Crippen molar-refractivity contribution >= 4 is 44.1 Å². The molecule has 260 valence electrons. The molecule has 0 atom stereocenters. The van der Waals surface area contributed by atoms with Crippen LogP contribution in [-0.4, -0.2) is 9.97 Å². The van der Waals surface area contributed by atoms with Crippen molar-refractivity contribution in [1.29, 1.82) is 0 Å².